The molecule has 0 aliphatic carbocycles. The predicted octanol–water partition coefficient (Wildman–Crippen LogP) is 3.87. The van der Waals surface area contributed by atoms with Crippen LogP contribution in [-0.2, 0) is 4.79 Å². The fourth-order valence-electron chi connectivity index (χ4n) is 3.67. The van der Waals surface area contributed by atoms with Crippen LogP contribution in [0.25, 0.3) is 5.57 Å². The molecule has 0 atom stereocenters. The lowest BCUT2D eigenvalue weighted by Crippen LogP contribution is -2.25. The lowest BCUT2D eigenvalue weighted by atomic mass is 10.0. The zero-order chi connectivity index (χ0) is 18.6. The smallest absolute Gasteiger partial charge is 0.257 e. The Kier molecular flexibility index (Phi) is 5.12. The number of rotatable bonds is 6. The van der Waals surface area contributed by atoms with Crippen molar-refractivity contribution < 1.29 is 9.53 Å². The van der Waals surface area contributed by atoms with Crippen molar-refractivity contribution in [2.24, 2.45) is 0 Å². The van der Waals surface area contributed by atoms with Crippen LogP contribution in [0.5, 0.6) is 5.75 Å². The molecule has 5 nitrogen and oxygen atoms in total. The average Bonchev–Trinajstić information content (AvgIpc) is 3.29. The van der Waals surface area contributed by atoms with E-state index in [1.54, 1.807) is 6.20 Å². The third-order valence-corrected chi connectivity index (χ3v) is 5.15. The number of hydrogen-bond donors (Lipinski definition) is 2. The topological polar surface area (TPSA) is 53.6 Å². The summed E-state index contributed by atoms with van der Waals surface area (Å²) < 4.78 is 5.83. The Morgan fingerprint density at radius 3 is 2.70 bits per heavy atom. The van der Waals surface area contributed by atoms with Crippen LogP contribution >= 0.6 is 0 Å². The number of benzene rings is 2. The monoisotopic (exact) mass is 363 g/mol. The number of nitrogens with zero attached hydrogens (tertiary/aromatic N) is 1. The molecular formula is C22H25N3O2. The first-order chi connectivity index (χ1) is 13.2. The Morgan fingerprint density at radius 1 is 1.15 bits per heavy atom. The minimum absolute atomic E-state index is 0.0753. The molecule has 0 unspecified atom stereocenters. The van der Waals surface area contributed by atoms with Gasteiger partial charge in [0.15, 0.2) is 0 Å². The summed E-state index contributed by atoms with van der Waals surface area (Å²) in [5, 5.41) is 6.14. The molecule has 1 fully saturated rings. The number of anilines is 2. The second-order valence-corrected chi connectivity index (χ2v) is 7.08. The van der Waals surface area contributed by atoms with E-state index in [4.69, 9.17) is 4.74 Å². The van der Waals surface area contributed by atoms with Gasteiger partial charge in [-0.1, -0.05) is 12.1 Å². The molecule has 2 heterocycles. The van der Waals surface area contributed by atoms with E-state index in [1.165, 1.54) is 25.9 Å². The molecule has 2 aromatic rings. The van der Waals surface area contributed by atoms with E-state index in [0.717, 1.165) is 34.8 Å². The summed E-state index contributed by atoms with van der Waals surface area (Å²) >= 11 is 0. The Balaban J connectivity index is 1.36. The van der Waals surface area contributed by atoms with Crippen molar-refractivity contribution in [3.63, 3.8) is 0 Å². The van der Waals surface area contributed by atoms with E-state index in [0.29, 0.717) is 12.2 Å². The van der Waals surface area contributed by atoms with Gasteiger partial charge in [0.05, 0.1) is 5.57 Å². The van der Waals surface area contributed by atoms with Gasteiger partial charge < -0.3 is 15.4 Å². The zero-order valence-corrected chi connectivity index (χ0v) is 15.6. The Labute approximate surface area is 160 Å². The van der Waals surface area contributed by atoms with Crippen LogP contribution in [0.15, 0.2) is 48.7 Å². The highest BCUT2D eigenvalue weighted by Crippen LogP contribution is 2.34. The SMILES string of the molecule is Cc1cccc2c1C(=CNc1ccc(OCCN3CCCC3)cc1)C(=O)N2. The van der Waals surface area contributed by atoms with Gasteiger partial charge in [0.25, 0.3) is 5.91 Å². The summed E-state index contributed by atoms with van der Waals surface area (Å²) in [6.45, 7) is 6.10. The number of amides is 1. The molecule has 0 spiro atoms. The first kappa shape index (κ1) is 17.6. The third kappa shape index (κ3) is 3.98. The summed E-state index contributed by atoms with van der Waals surface area (Å²) in [7, 11) is 0. The number of fused-ring (bicyclic) bond motifs is 1. The largest absolute Gasteiger partial charge is 0.492 e. The number of nitrogens with one attached hydrogen (secondary N) is 2. The number of ether oxygens (including phenoxy) is 1. The minimum Gasteiger partial charge on any atom is -0.492 e. The maximum Gasteiger partial charge on any atom is 0.257 e. The normalized spacial score (nSPS) is 17.8. The zero-order valence-electron chi connectivity index (χ0n) is 15.6. The van der Waals surface area contributed by atoms with Gasteiger partial charge in [-0.15, -0.1) is 0 Å². The molecule has 0 radical (unpaired) electrons. The van der Waals surface area contributed by atoms with E-state index >= 15 is 0 Å². The van der Waals surface area contributed by atoms with Crippen molar-refractivity contribution in [2.75, 3.05) is 36.9 Å². The van der Waals surface area contributed by atoms with Gasteiger partial charge >= 0.3 is 0 Å². The molecule has 2 aliphatic rings. The van der Waals surface area contributed by atoms with Crippen LogP contribution < -0.4 is 15.4 Å². The first-order valence-electron chi connectivity index (χ1n) is 9.54. The molecule has 2 N–H and O–H groups in total. The number of likely N-dealkylation sites (tertiary alicyclic amines) is 1. The van der Waals surface area contributed by atoms with E-state index in [2.05, 4.69) is 15.5 Å². The third-order valence-electron chi connectivity index (χ3n) is 5.15. The molecule has 0 aromatic heterocycles. The molecule has 4 rings (SSSR count). The molecule has 1 amide bonds. The molecule has 27 heavy (non-hydrogen) atoms. The predicted molar refractivity (Wildman–Crippen MR) is 109 cm³/mol. The van der Waals surface area contributed by atoms with Gasteiger partial charge in [-0.25, -0.2) is 0 Å². The van der Waals surface area contributed by atoms with Gasteiger partial charge in [0, 0.05) is 29.7 Å². The van der Waals surface area contributed by atoms with Crippen LogP contribution in [0.4, 0.5) is 11.4 Å². The molecule has 0 bridgehead atoms. The highest BCUT2D eigenvalue weighted by atomic mass is 16.5. The van der Waals surface area contributed by atoms with Crippen molar-refractivity contribution in [1.82, 2.24) is 4.90 Å². The summed E-state index contributed by atoms with van der Waals surface area (Å²) in [4.78, 5) is 14.7. The number of carbonyl (C=O) groups is 1. The van der Waals surface area contributed by atoms with Crippen LogP contribution in [0.2, 0.25) is 0 Å². The van der Waals surface area contributed by atoms with Crippen LogP contribution in [-0.4, -0.2) is 37.0 Å². The second-order valence-electron chi connectivity index (χ2n) is 7.08. The number of aryl methyl sites for hydroxylation is 1. The maximum atomic E-state index is 12.2. The Bertz CT molecular complexity index is 852. The van der Waals surface area contributed by atoms with Crippen molar-refractivity contribution >= 4 is 22.9 Å². The van der Waals surface area contributed by atoms with Crippen LogP contribution in [0.1, 0.15) is 24.0 Å². The van der Waals surface area contributed by atoms with Crippen molar-refractivity contribution in [3.05, 3.63) is 59.8 Å². The quantitative estimate of drug-likeness (QED) is 0.765. The van der Waals surface area contributed by atoms with E-state index in [9.17, 15) is 4.79 Å². The van der Waals surface area contributed by atoms with E-state index < -0.39 is 0 Å². The molecule has 140 valence electrons. The fourth-order valence-corrected chi connectivity index (χ4v) is 3.67. The second kappa shape index (κ2) is 7.84. The Hall–Kier alpha value is -2.79. The molecule has 1 saturated heterocycles. The summed E-state index contributed by atoms with van der Waals surface area (Å²) in [5.41, 5.74) is 4.51. The standard InChI is InChI=1S/C22H25N3O2/c1-16-5-4-6-20-21(16)19(22(26)24-20)15-23-17-7-9-18(10-8-17)27-14-13-25-11-2-3-12-25/h4-10,15,23H,2-3,11-14H2,1H3,(H,24,26). The van der Waals surface area contributed by atoms with Gasteiger partial charge in [-0.05, 0) is 68.8 Å². The Morgan fingerprint density at radius 2 is 1.93 bits per heavy atom. The highest BCUT2D eigenvalue weighted by Gasteiger charge is 2.25. The fraction of sp³-hybridized carbons (Fsp3) is 0.318. The van der Waals surface area contributed by atoms with Gasteiger partial charge in [-0.3, -0.25) is 9.69 Å². The lowest BCUT2D eigenvalue weighted by Gasteiger charge is -2.15. The molecule has 0 saturated carbocycles. The first-order valence-corrected chi connectivity index (χ1v) is 9.54. The van der Waals surface area contributed by atoms with Crippen LogP contribution in [0, 0.1) is 6.92 Å². The minimum atomic E-state index is -0.0753. The summed E-state index contributed by atoms with van der Waals surface area (Å²) in [6, 6.07) is 13.7. The molecular weight excluding hydrogens is 338 g/mol. The summed E-state index contributed by atoms with van der Waals surface area (Å²) in [5.74, 6) is 0.792. The molecule has 2 aliphatic heterocycles. The average molecular weight is 363 g/mol. The van der Waals surface area contributed by atoms with Crippen molar-refractivity contribution in [3.8, 4) is 5.75 Å². The van der Waals surface area contributed by atoms with Crippen molar-refractivity contribution in [2.45, 2.75) is 19.8 Å². The number of hydrogen-bond acceptors (Lipinski definition) is 4. The lowest BCUT2D eigenvalue weighted by molar-refractivity contribution is -0.110. The van der Waals surface area contributed by atoms with Gasteiger partial charge in [0.1, 0.15) is 12.4 Å². The van der Waals surface area contributed by atoms with E-state index in [-0.39, 0.29) is 5.91 Å². The highest BCUT2D eigenvalue weighted by molar-refractivity contribution is 6.32. The molecule has 2 aromatic carbocycles. The molecule has 5 heteroatoms. The van der Waals surface area contributed by atoms with E-state index in [1.807, 2.05) is 49.4 Å². The van der Waals surface area contributed by atoms with Gasteiger partial charge in [-0.2, -0.15) is 0 Å². The van der Waals surface area contributed by atoms with Crippen molar-refractivity contribution in [1.29, 1.82) is 0 Å². The maximum absolute atomic E-state index is 12.2. The van der Waals surface area contributed by atoms with Gasteiger partial charge in [0.2, 0.25) is 0 Å². The summed E-state index contributed by atoms with van der Waals surface area (Å²) in [6.07, 6.45) is 4.38. The van der Waals surface area contributed by atoms with Crippen LogP contribution in [0.3, 0.4) is 0 Å². The number of carbonyl (C=O) groups excluding carboxylic acids is 1.